The monoisotopic (exact) mass is 502 g/mol. The fraction of sp³-hybridized carbons (Fsp3) is 0.375. The van der Waals surface area contributed by atoms with Crippen LogP contribution in [0.3, 0.4) is 0 Å². The molecule has 0 spiro atoms. The first-order valence-electron chi connectivity index (χ1n) is 11.0. The molecule has 1 heterocycles. The number of nitrogens with zero attached hydrogens (tertiary/aromatic N) is 3. The van der Waals surface area contributed by atoms with Crippen molar-refractivity contribution in [3.05, 3.63) is 36.5 Å². The fourth-order valence-corrected chi connectivity index (χ4v) is 3.36. The van der Waals surface area contributed by atoms with Crippen molar-refractivity contribution >= 4 is 11.8 Å². The summed E-state index contributed by atoms with van der Waals surface area (Å²) >= 11 is 0. The van der Waals surface area contributed by atoms with Gasteiger partial charge in [-0.1, -0.05) is 5.21 Å². The summed E-state index contributed by atoms with van der Waals surface area (Å²) in [7, 11) is 7.71. The van der Waals surface area contributed by atoms with Crippen LogP contribution < -0.4 is 24.3 Å². The van der Waals surface area contributed by atoms with Crippen molar-refractivity contribution in [3.8, 4) is 39.9 Å². The van der Waals surface area contributed by atoms with E-state index >= 15 is 0 Å². The molecule has 0 atom stereocenters. The van der Waals surface area contributed by atoms with Crippen molar-refractivity contribution in [1.29, 1.82) is 0 Å². The molecule has 36 heavy (non-hydrogen) atoms. The molecule has 0 fully saturated rings. The number of hydrogen-bond acceptors (Lipinski definition) is 10. The molecule has 0 aliphatic heterocycles. The third kappa shape index (κ3) is 6.34. The summed E-state index contributed by atoms with van der Waals surface area (Å²) in [5.41, 5.74) is 2.41. The molecule has 0 aliphatic rings. The molecule has 1 amide bonds. The molecule has 12 nitrogen and oxygen atoms in total. The fourth-order valence-electron chi connectivity index (χ4n) is 3.36. The Morgan fingerprint density at radius 2 is 1.56 bits per heavy atom. The standard InChI is InChI=1S/C24H30N4O8/c1-30-8-9-35-10-11-36-24(29)26-18-12-16(6-7-20(18)31-2)19-15-25-27-28(19)17-13-21(32-3)23(34-5)22(14-17)33-4/h6-7,12-15H,8-11H2,1-5H3,(H,26,29). The summed E-state index contributed by atoms with van der Waals surface area (Å²) in [5, 5.41) is 11.0. The zero-order chi connectivity index (χ0) is 25.9. The van der Waals surface area contributed by atoms with Gasteiger partial charge in [0, 0.05) is 24.8 Å². The first-order valence-corrected chi connectivity index (χ1v) is 11.0. The van der Waals surface area contributed by atoms with Crippen LogP contribution in [0.15, 0.2) is 36.5 Å². The van der Waals surface area contributed by atoms with Crippen molar-refractivity contribution in [1.82, 2.24) is 15.0 Å². The maximum absolute atomic E-state index is 12.3. The molecular formula is C24H30N4O8. The van der Waals surface area contributed by atoms with E-state index in [4.69, 9.17) is 33.2 Å². The van der Waals surface area contributed by atoms with Crippen LogP contribution in [0.25, 0.3) is 16.9 Å². The van der Waals surface area contributed by atoms with Crippen molar-refractivity contribution in [2.45, 2.75) is 0 Å². The SMILES string of the molecule is COCCOCCOC(=O)Nc1cc(-c2cnnn2-c2cc(OC)c(OC)c(OC)c2)ccc1OC. The van der Waals surface area contributed by atoms with Crippen LogP contribution in [0.2, 0.25) is 0 Å². The zero-order valence-electron chi connectivity index (χ0n) is 20.9. The maximum Gasteiger partial charge on any atom is 0.411 e. The number of amides is 1. The number of aromatic nitrogens is 3. The molecule has 1 aromatic heterocycles. The predicted octanol–water partition coefficient (Wildman–Crippen LogP) is 3.18. The van der Waals surface area contributed by atoms with Crippen LogP contribution in [0.1, 0.15) is 0 Å². The smallest absolute Gasteiger partial charge is 0.411 e. The van der Waals surface area contributed by atoms with Gasteiger partial charge in [-0.05, 0) is 18.2 Å². The highest BCUT2D eigenvalue weighted by atomic mass is 16.6. The van der Waals surface area contributed by atoms with E-state index in [9.17, 15) is 4.79 Å². The normalized spacial score (nSPS) is 10.6. The molecule has 0 aliphatic carbocycles. The Kier molecular flexibility index (Phi) is 9.72. The van der Waals surface area contributed by atoms with Gasteiger partial charge in [-0.3, -0.25) is 5.32 Å². The minimum absolute atomic E-state index is 0.0926. The lowest BCUT2D eigenvalue weighted by Gasteiger charge is -2.16. The molecule has 194 valence electrons. The minimum Gasteiger partial charge on any atom is -0.495 e. The quantitative estimate of drug-likeness (QED) is 0.349. The van der Waals surface area contributed by atoms with E-state index < -0.39 is 6.09 Å². The molecule has 0 unspecified atom stereocenters. The van der Waals surface area contributed by atoms with Gasteiger partial charge in [0.1, 0.15) is 12.4 Å². The Morgan fingerprint density at radius 1 is 0.861 bits per heavy atom. The Hall–Kier alpha value is -4.03. The van der Waals surface area contributed by atoms with E-state index in [-0.39, 0.29) is 13.2 Å². The van der Waals surface area contributed by atoms with Gasteiger partial charge in [0.15, 0.2) is 11.5 Å². The molecule has 0 bridgehead atoms. The second-order valence-electron chi connectivity index (χ2n) is 7.20. The largest absolute Gasteiger partial charge is 0.495 e. The second-order valence-corrected chi connectivity index (χ2v) is 7.20. The molecule has 0 saturated carbocycles. The molecule has 3 aromatic rings. The van der Waals surface area contributed by atoms with Crippen molar-refractivity contribution in [2.75, 3.05) is 67.3 Å². The van der Waals surface area contributed by atoms with Crippen LogP contribution in [-0.4, -0.2) is 83.1 Å². The number of anilines is 1. The summed E-state index contributed by atoms with van der Waals surface area (Å²) in [6, 6.07) is 8.81. The van der Waals surface area contributed by atoms with E-state index in [1.807, 2.05) is 6.07 Å². The molecule has 12 heteroatoms. The molecule has 0 saturated heterocycles. The summed E-state index contributed by atoms with van der Waals surface area (Å²) in [4.78, 5) is 12.3. The van der Waals surface area contributed by atoms with Gasteiger partial charge in [0.2, 0.25) is 5.75 Å². The van der Waals surface area contributed by atoms with Crippen LogP contribution in [0.4, 0.5) is 10.5 Å². The summed E-state index contributed by atoms with van der Waals surface area (Å²) in [6.07, 6.45) is 0.960. The third-order valence-corrected chi connectivity index (χ3v) is 5.07. The van der Waals surface area contributed by atoms with E-state index in [1.165, 1.54) is 28.4 Å². The highest BCUT2D eigenvalue weighted by Gasteiger charge is 2.18. The number of carbonyl (C=O) groups is 1. The van der Waals surface area contributed by atoms with Gasteiger partial charge >= 0.3 is 6.09 Å². The van der Waals surface area contributed by atoms with E-state index in [0.29, 0.717) is 58.8 Å². The van der Waals surface area contributed by atoms with Crippen molar-refractivity contribution in [2.24, 2.45) is 0 Å². The average Bonchev–Trinajstić information content (AvgIpc) is 3.39. The number of methoxy groups -OCH3 is 5. The lowest BCUT2D eigenvalue weighted by atomic mass is 10.1. The van der Waals surface area contributed by atoms with E-state index in [2.05, 4.69) is 15.6 Å². The Balaban J connectivity index is 1.84. The van der Waals surface area contributed by atoms with E-state index in [0.717, 1.165) is 0 Å². The zero-order valence-corrected chi connectivity index (χ0v) is 20.9. The average molecular weight is 503 g/mol. The van der Waals surface area contributed by atoms with Crippen LogP contribution in [0.5, 0.6) is 23.0 Å². The summed E-state index contributed by atoms with van der Waals surface area (Å²) < 4.78 is 38.7. The number of nitrogens with one attached hydrogen (secondary N) is 1. The molecular weight excluding hydrogens is 472 g/mol. The minimum atomic E-state index is -0.642. The maximum atomic E-state index is 12.3. The summed E-state index contributed by atoms with van der Waals surface area (Å²) in [5.74, 6) is 1.86. The molecule has 3 rings (SSSR count). The number of benzene rings is 2. The van der Waals surface area contributed by atoms with Gasteiger partial charge in [0.25, 0.3) is 0 Å². The van der Waals surface area contributed by atoms with Crippen LogP contribution in [0, 0.1) is 0 Å². The van der Waals surface area contributed by atoms with Crippen LogP contribution in [-0.2, 0) is 14.2 Å². The van der Waals surface area contributed by atoms with Crippen LogP contribution >= 0.6 is 0 Å². The molecule has 1 N–H and O–H groups in total. The first-order chi connectivity index (χ1) is 17.6. The summed E-state index contributed by atoms with van der Waals surface area (Å²) in [6.45, 7) is 1.24. The Morgan fingerprint density at radius 3 is 2.19 bits per heavy atom. The Labute approximate surface area is 208 Å². The lowest BCUT2D eigenvalue weighted by molar-refractivity contribution is 0.0447. The molecule has 0 radical (unpaired) electrons. The number of ether oxygens (including phenoxy) is 7. The second kappa shape index (κ2) is 13.2. The Bertz CT molecular complexity index is 1130. The molecule has 2 aromatic carbocycles. The van der Waals surface area contributed by atoms with Gasteiger partial charge in [0.05, 0.1) is 71.5 Å². The third-order valence-electron chi connectivity index (χ3n) is 5.07. The lowest BCUT2D eigenvalue weighted by Crippen LogP contribution is -2.18. The first kappa shape index (κ1) is 26.6. The van der Waals surface area contributed by atoms with Gasteiger partial charge in [-0.2, -0.15) is 0 Å². The van der Waals surface area contributed by atoms with Gasteiger partial charge < -0.3 is 33.2 Å². The highest BCUT2D eigenvalue weighted by molar-refractivity contribution is 5.88. The number of hydrogen-bond donors (Lipinski definition) is 1. The van der Waals surface area contributed by atoms with Gasteiger partial charge in [-0.25, -0.2) is 9.48 Å². The van der Waals surface area contributed by atoms with Crippen molar-refractivity contribution < 1.29 is 38.0 Å². The number of carbonyl (C=O) groups excluding carboxylic acids is 1. The van der Waals surface area contributed by atoms with Crippen molar-refractivity contribution in [3.63, 3.8) is 0 Å². The van der Waals surface area contributed by atoms with Gasteiger partial charge in [-0.15, -0.1) is 5.10 Å². The number of rotatable bonds is 13. The topological polar surface area (TPSA) is 124 Å². The van der Waals surface area contributed by atoms with E-state index in [1.54, 1.807) is 42.3 Å². The highest BCUT2D eigenvalue weighted by Crippen LogP contribution is 2.40. The predicted molar refractivity (Wildman–Crippen MR) is 131 cm³/mol.